The van der Waals surface area contributed by atoms with Gasteiger partial charge in [0, 0.05) is 5.54 Å². The first-order valence-corrected chi connectivity index (χ1v) is 4.59. The first kappa shape index (κ1) is 8.17. The molecule has 0 amide bonds. The summed E-state index contributed by atoms with van der Waals surface area (Å²) in [6, 6.07) is 0. The first-order chi connectivity index (χ1) is 4.57. The second-order valence-corrected chi connectivity index (χ2v) is 4.02. The number of hydrogen-bond acceptors (Lipinski definition) is 2. The predicted octanol–water partition coefficient (Wildman–Crippen LogP) is 0.302. The predicted molar refractivity (Wildman–Crippen MR) is 41.3 cm³/mol. The molecule has 60 valence electrons. The third-order valence-electron chi connectivity index (χ3n) is 2.17. The zero-order chi connectivity index (χ0) is 7.78. The molecule has 0 aliphatic heterocycles. The molecule has 0 radical (unpaired) electrons. The first-order valence-electron chi connectivity index (χ1n) is 3.32. The van der Waals surface area contributed by atoms with Crippen molar-refractivity contribution in [3.63, 3.8) is 0 Å². The molecule has 0 saturated heterocycles. The maximum absolute atomic E-state index is 10.4. The van der Waals surface area contributed by atoms with Crippen LogP contribution in [0.25, 0.3) is 0 Å². The average Bonchev–Trinajstić information content (AvgIpc) is 2.46. The highest BCUT2D eigenvalue weighted by Crippen LogP contribution is 2.40. The maximum atomic E-state index is 10.4. The van der Waals surface area contributed by atoms with Crippen LogP contribution < -0.4 is 0 Å². The van der Waals surface area contributed by atoms with E-state index in [1.807, 2.05) is 19.0 Å². The minimum Gasteiger partial charge on any atom is -0.306 e. The van der Waals surface area contributed by atoms with Crippen molar-refractivity contribution in [3.05, 3.63) is 0 Å². The van der Waals surface area contributed by atoms with Crippen LogP contribution in [0.1, 0.15) is 12.8 Å². The van der Waals surface area contributed by atoms with Gasteiger partial charge in [-0.15, -0.1) is 0 Å². The summed E-state index contributed by atoms with van der Waals surface area (Å²) in [7, 11) is 3.92. The fourth-order valence-electron chi connectivity index (χ4n) is 1.09. The van der Waals surface area contributed by atoms with E-state index in [0.29, 0.717) is 5.75 Å². The van der Waals surface area contributed by atoms with E-state index in [-0.39, 0.29) is 5.54 Å². The Morgan fingerprint density at radius 1 is 1.60 bits per heavy atom. The molecule has 10 heavy (non-hydrogen) atoms. The van der Waals surface area contributed by atoms with Crippen molar-refractivity contribution in [1.82, 2.24) is 4.90 Å². The summed E-state index contributed by atoms with van der Waals surface area (Å²) in [5, 5.41) is 0. The van der Waals surface area contributed by atoms with Crippen molar-refractivity contribution in [2.45, 2.75) is 18.4 Å². The Balaban J connectivity index is 2.45. The number of hydrogen-bond donors (Lipinski definition) is 1. The van der Waals surface area contributed by atoms with Gasteiger partial charge in [0.05, 0.1) is 5.75 Å². The SMILES string of the molecule is CN(C)C1(CS(=O)O)CC1. The van der Waals surface area contributed by atoms with Gasteiger partial charge in [-0.1, -0.05) is 0 Å². The normalized spacial score (nSPS) is 24.8. The molecular formula is C6H13NO2S. The Kier molecular flexibility index (Phi) is 2.12. The highest BCUT2D eigenvalue weighted by atomic mass is 32.2. The summed E-state index contributed by atoms with van der Waals surface area (Å²) >= 11 is -1.63. The van der Waals surface area contributed by atoms with Crippen molar-refractivity contribution in [3.8, 4) is 0 Å². The van der Waals surface area contributed by atoms with Gasteiger partial charge in [-0.3, -0.25) is 0 Å². The summed E-state index contributed by atoms with van der Waals surface area (Å²) in [6.07, 6.45) is 2.12. The summed E-state index contributed by atoms with van der Waals surface area (Å²) in [5.74, 6) is 0.403. The summed E-state index contributed by atoms with van der Waals surface area (Å²) < 4.78 is 19.1. The van der Waals surface area contributed by atoms with Crippen LogP contribution in [0.5, 0.6) is 0 Å². The van der Waals surface area contributed by atoms with Gasteiger partial charge in [0.1, 0.15) is 0 Å². The zero-order valence-corrected chi connectivity index (χ0v) is 7.15. The van der Waals surface area contributed by atoms with Gasteiger partial charge in [0.25, 0.3) is 0 Å². The monoisotopic (exact) mass is 163 g/mol. The van der Waals surface area contributed by atoms with Crippen molar-refractivity contribution in [2.75, 3.05) is 19.8 Å². The number of nitrogens with zero attached hydrogens (tertiary/aromatic N) is 1. The van der Waals surface area contributed by atoms with Crippen LogP contribution >= 0.6 is 0 Å². The Morgan fingerprint density at radius 2 is 2.10 bits per heavy atom. The van der Waals surface area contributed by atoms with Crippen LogP contribution in [0.15, 0.2) is 0 Å². The molecule has 1 fully saturated rings. The van der Waals surface area contributed by atoms with Crippen LogP contribution in [0.4, 0.5) is 0 Å². The summed E-state index contributed by atoms with van der Waals surface area (Å²) in [5.41, 5.74) is 0.0552. The van der Waals surface area contributed by atoms with Gasteiger partial charge >= 0.3 is 0 Å². The van der Waals surface area contributed by atoms with Gasteiger partial charge < -0.3 is 9.45 Å². The minimum absolute atomic E-state index is 0.0552. The summed E-state index contributed by atoms with van der Waals surface area (Å²) in [4.78, 5) is 2.04. The Hall–Kier alpha value is 0.0700. The molecule has 0 aromatic rings. The zero-order valence-electron chi connectivity index (χ0n) is 6.33. The lowest BCUT2D eigenvalue weighted by atomic mass is 10.3. The van der Waals surface area contributed by atoms with E-state index in [1.54, 1.807) is 0 Å². The van der Waals surface area contributed by atoms with E-state index in [4.69, 9.17) is 4.55 Å². The van der Waals surface area contributed by atoms with Crippen LogP contribution in [-0.4, -0.2) is 39.0 Å². The molecule has 4 heteroatoms. The molecule has 3 nitrogen and oxygen atoms in total. The minimum atomic E-state index is -1.63. The molecule has 0 spiro atoms. The largest absolute Gasteiger partial charge is 0.306 e. The lowest BCUT2D eigenvalue weighted by Crippen LogP contribution is -2.35. The fourth-order valence-corrected chi connectivity index (χ4v) is 2.10. The Morgan fingerprint density at radius 3 is 2.20 bits per heavy atom. The second kappa shape index (κ2) is 2.60. The third-order valence-corrected chi connectivity index (χ3v) is 2.95. The molecule has 1 atom stereocenters. The Labute approximate surface area is 63.7 Å². The number of rotatable bonds is 3. The molecule has 1 N–H and O–H groups in total. The molecule has 1 saturated carbocycles. The maximum Gasteiger partial charge on any atom is 0.154 e. The summed E-state index contributed by atoms with van der Waals surface area (Å²) in [6.45, 7) is 0. The molecule has 1 unspecified atom stereocenters. The fraction of sp³-hybridized carbons (Fsp3) is 1.00. The molecule has 0 aromatic carbocycles. The molecule has 0 heterocycles. The topological polar surface area (TPSA) is 40.5 Å². The smallest absolute Gasteiger partial charge is 0.154 e. The van der Waals surface area contributed by atoms with Crippen molar-refractivity contribution < 1.29 is 8.76 Å². The van der Waals surface area contributed by atoms with Gasteiger partial charge in [-0.25, -0.2) is 4.21 Å². The molecule has 1 aliphatic carbocycles. The Bertz CT molecular complexity index is 154. The van der Waals surface area contributed by atoms with E-state index < -0.39 is 11.1 Å². The molecular weight excluding hydrogens is 150 g/mol. The average molecular weight is 163 g/mol. The van der Waals surface area contributed by atoms with Crippen LogP contribution in [0.3, 0.4) is 0 Å². The van der Waals surface area contributed by atoms with Gasteiger partial charge in [-0.05, 0) is 26.9 Å². The quantitative estimate of drug-likeness (QED) is 0.608. The van der Waals surface area contributed by atoms with Gasteiger partial charge in [0.15, 0.2) is 11.1 Å². The third kappa shape index (κ3) is 1.56. The van der Waals surface area contributed by atoms with E-state index in [0.717, 1.165) is 12.8 Å². The van der Waals surface area contributed by atoms with Crippen LogP contribution in [-0.2, 0) is 11.1 Å². The van der Waals surface area contributed by atoms with Gasteiger partial charge in [0.2, 0.25) is 0 Å². The lowest BCUT2D eigenvalue weighted by Gasteiger charge is -2.21. The second-order valence-electron chi connectivity index (χ2n) is 3.08. The molecule has 0 aromatic heterocycles. The van der Waals surface area contributed by atoms with Crippen molar-refractivity contribution in [1.29, 1.82) is 0 Å². The van der Waals surface area contributed by atoms with E-state index in [9.17, 15) is 4.21 Å². The van der Waals surface area contributed by atoms with Crippen LogP contribution in [0, 0.1) is 0 Å². The highest BCUT2D eigenvalue weighted by Gasteiger charge is 2.45. The van der Waals surface area contributed by atoms with E-state index in [1.165, 1.54) is 0 Å². The van der Waals surface area contributed by atoms with Crippen molar-refractivity contribution in [2.24, 2.45) is 0 Å². The van der Waals surface area contributed by atoms with Crippen molar-refractivity contribution >= 4 is 11.1 Å². The van der Waals surface area contributed by atoms with E-state index >= 15 is 0 Å². The highest BCUT2D eigenvalue weighted by molar-refractivity contribution is 7.79. The van der Waals surface area contributed by atoms with E-state index in [2.05, 4.69) is 0 Å². The molecule has 0 bridgehead atoms. The van der Waals surface area contributed by atoms with Crippen LogP contribution in [0.2, 0.25) is 0 Å². The molecule has 1 rings (SSSR count). The lowest BCUT2D eigenvalue weighted by molar-refractivity contribution is 0.294. The standard InChI is InChI=1S/C6H13NO2S/c1-7(2)6(3-4-6)5-10(8)9/h3-5H2,1-2H3,(H,8,9). The molecule has 1 aliphatic rings. The van der Waals surface area contributed by atoms with Gasteiger partial charge in [-0.2, -0.15) is 0 Å².